The van der Waals surface area contributed by atoms with Gasteiger partial charge in [0.05, 0.1) is 5.56 Å². The first-order valence-corrected chi connectivity index (χ1v) is 6.50. The Morgan fingerprint density at radius 3 is 2.53 bits per heavy atom. The summed E-state index contributed by atoms with van der Waals surface area (Å²) in [5.41, 5.74) is -0.734. The molecule has 96 valence electrons. The molecule has 17 heavy (non-hydrogen) atoms. The van der Waals surface area contributed by atoms with E-state index < -0.39 is 11.7 Å². The van der Waals surface area contributed by atoms with Crippen LogP contribution in [0.2, 0.25) is 0 Å². The van der Waals surface area contributed by atoms with Crippen LogP contribution in [0.5, 0.6) is 0 Å². The van der Waals surface area contributed by atoms with E-state index >= 15 is 0 Å². The number of pyridine rings is 1. The van der Waals surface area contributed by atoms with Crippen molar-refractivity contribution in [1.29, 1.82) is 0 Å². The van der Waals surface area contributed by atoms with E-state index in [0.717, 1.165) is 6.07 Å². The lowest BCUT2D eigenvalue weighted by Crippen LogP contribution is -2.27. The first kappa shape index (κ1) is 14.8. The molecular formula is C10H11Br2F3N2. The minimum atomic E-state index is -4.41. The van der Waals surface area contributed by atoms with Crippen molar-refractivity contribution in [3.63, 3.8) is 0 Å². The maximum absolute atomic E-state index is 12.8. The summed E-state index contributed by atoms with van der Waals surface area (Å²) in [4.78, 5) is 5.40. The Balaban J connectivity index is 3.15. The highest BCUT2D eigenvalue weighted by molar-refractivity contribution is 9.10. The summed E-state index contributed by atoms with van der Waals surface area (Å²) >= 11 is 6.30. The van der Waals surface area contributed by atoms with Gasteiger partial charge in [-0.1, -0.05) is 22.9 Å². The SMILES string of the molecule is CC(Br)CN(C)c1ncc(Br)cc1C(F)(F)F. The second kappa shape index (κ2) is 5.56. The van der Waals surface area contributed by atoms with Crippen LogP contribution in [0.4, 0.5) is 19.0 Å². The number of nitrogens with zero attached hydrogens (tertiary/aromatic N) is 2. The van der Waals surface area contributed by atoms with Gasteiger partial charge < -0.3 is 4.90 Å². The first-order valence-electron chi connectivity index (χ1n) is 4.79. The predicted molar refractivity (Wildman–Crippen MR) is 68.6 cm³/mol. The topological polar surface area (TPSA) is 16.1 Å². The van der Waals surface area contributed by atoms with Crippen molar-refractivity contribution in [2.24, 2.45) is 0 Å². The van der Waals surface area contributed by atoms with Crippen molar-refractivity contribution >= 4 is 37.7 Å². The Hall–Kier alpha value is -0.300. The van der Waals surface area contributed by atoms with Gasteiger partial charge in [-0.05, 0) is 22.0 Å². The largest absolute Gasteiger partial charge is 0.419 e. The monoisotopic (exact) mass is 374 g/mol. The van der Waals surface area contributed by atoms with Crippen molar-refractivity contribution in [3.8, 4) is 0 Å². The van der Waals surface area contributed by atoms with Crippen molar-refractivity contribution in [1.82, 2.24) is 4.98 Å². The molecule has 1 rings (SSSR count). The summed E-state index contributed by atoms with van der Waals surface area (Å²) in [6.07, 6.45) is -3.05. The van der Waals surface area contributed by atoms with E-state index in [2.05, 4.69) is 36.8 Å². The van der Waals surface area contributed by atoms with Gasteiger partial charge in [0.1, 0.15) is 5.82 Å². The molecular weight excluding hydrogens is 365 g/mol. The van der Waals surface area contributed by atoms with Crippen LogP contribution in [-0.4, -0.2) is 23.4 Å². The average molecular weight is 376 g/mol. The van der Waals surface area contributed by atoms with Crippen LogP contribution in [-0.2, 0) is 6.18 Å². The molecule has 0 aliphatic carbocycles. The third-order valence-corrected chi connectivity index (χ3v) is 2.75. The van der Waals surface area contributed by atoms with Crippen LogP contribution >= 0.6 is 31.9 Å². The van der Waals surface area contributed by atoms with E-state index in [1.807, 2.05) is 6.92 Å². The molecule has 0 aromatic carbocycles. The second-order valence-corrected chi connectivity index (χ2v) is 6.16. The van der Waals surface area contributed by atoms with Crippen LogP contribution in [0.15, 0.2) is 16.7 Å². The molecule has 0 bridgehead atoms. The van der Waals surface area contributed by atoms with E-state index in [0.29, 0.717) is 11.0 Å². The fraction of sp³-hybridized carbons (Fsp3) is 0.500. The molecule has 1 atom stereocenters. The maximum atomic E-state index is 12.8. The number of hydrogen-bond acceptors (Lipinski definition) is 2. The Morgan fingerprint density at radius 2 is 2.06 bits per heavy atom. The summed E-state index contributed by atoms with van der Waals surface area (Å²) < 4.78 is 38.8. The van der Waals surface area contributed by atoms with E-state index in [-0.39, 0.29) is 10.6 Å². The molecule has 1 unspecified atom stereocenters. The van der Waals surface area contributed by atoms with Crippen LogP contribution in [0.25, 0.3) is 0 Å². The minimum Gasteiger partial charge on any atom is -0.358 e. The number of rotatable bonds is 3. The highest BCUT2D eigenvalue weighted by atomic mass is 79.9. The fourth-order valence-electron chi connectivity index (χ4n) is 1.41. The Bertz CT molecular complexity index is 394. The lowest BCUT2D eigenvalue weighted by atomic mass is 10.2. The Morgan fingerprint density at radius 1 is 1.47 bits per heavy atom. The van der Waals surface area contributed by atoms with Crippen molar-refractivity contribution < 1.29 is 13.2 Å². The quantitative estimate of drug-likeness (QED) is 0.740. The van der Waals surface area contributed by atoms with Gasteiger partial charge >= 0.3 is 6.18 Å². The number of anilines is 1. The van der Waals surface area contributed by atoms with Gasteiger partial charge in [-0.3, -0.25) is 0 Å². The Kier molecular flexibility index (Phi) is 4.83. The highest BCUT2D eigenvalue weighted by Gasteiger charge is 2.35. The molecule has 7 heteroatoms. The molecule has 1 heterocycles. The normalized spacial score (nSPS) is 13.6. The van der Waals surface area contributed by atoms with Gasteiger partial charge in [-0.15, -0.1) is 0 Å². The van der Waals surface area contributed by atoms with E-state index in [9.17, 15) is 13.2 Å². The van der Waals surface area contributed by atoms with Crippen molar-refractivity contribution in [2.75, 3.05) is 18.5 Å². The van der Waals surface area contributed by atoms with Crippen LogP contribution in [0, 0.1) is 0 Å². The van der Waals surface area contributed by atoms with Gasteiger partial charge in [0, 0.05) is 29.1 Å². The highest BCUT2D eigenvalue weighted by Crippen LogP contribution is 2.36. The zero-order chi connectivity index (χ0) is 13.2. The maximum Gasteiger partial charge on any atom is 0.419 e. The van der Waals surface area contributed by atoms with Gasteiger partial charge in [0.15, 0.2) is 0 Å². The van der Waals surface area contributed by atoms with Crippen molar-refractivity contribution in [2.45, 2.75) is 17.9 Å². The van der Waals surface area contributed by atoms with Crippen LogP contribution in [0.3, 0.4) is 0 Å². The molecule has 0 radical (unpaired) electrons. The van der Waals surface area contributed by atoms with Gasteiger partial charge in [0.2, 0.25) is 0 Å². The average Bonchev–Trinajstić information content (AvgIpc) is 2.14. The molecule has 0 saturated carbocycles. The molecule has 0 aliphatic heterocycles. The van der Waals surface area contributed by atoms with E-state index in [1.54, 1.807) is 7.05 Å². The number of hydrogen-bond donors (Lipinski definition) is 0. The fourth-order valence-corrected chi connectivity index (χ4v) is 2.17. The van der Waals surface area contributed by atoms with Gasteiger partial charge in [-0.2, -0.15) is 13.2 Å². The van der Waals surface area contributed by atoms with Gasteiger partial charge in [-0.25, -0.2) is 4.98 Å². The minimum absolute atomic E-state index is 0.0630. The molecule has 0 fully saturated rings. The second-order valence-electron chi connectivity index (χ2n) is 3.68. The molecule has 0 amide bonds. The molecule has 2 nitrogen and oxygen atoms in total. The summed E-state index contributed by atoms with van der Waals surface area (Å²) in [5.74, 6) is -0.0630. The summed E-state index contributed by atoms with van der Waals surface area (Å²) in [7, 11) is 1.59. The van der Waals surface area contributed by atoms with Crippen LogP contribution < -0.4 is 4.90 Å². The summed E-state index contributed by atoms with van der Waals surface area (Å²) in [6, 6.07) is 1.04. The van der Waals surface area contributed by atoms with Crippen LogP contribution in [0.1, 0.15) is 12.5 Å². The lowest BCUT2D eigenvalue weighted by Gasteiger charge is -2.23. The summed E-state index contributed by atoms with van der Waals surface area (Å²) in [6.45, 7) is 2.31. The summed E-state index contributed by atoms with van der Waals surface area (Å²) in [5, 5.41) is 0. The van der Waals surface area contributed by atoms with Gasteiger partial charge in [0.25, 0.3) is 0 Å². The molecule has 1 aromatic heterocycles. The predicted octanol–water partition coefficient (Wildman–Crippen LogP) is 4.08. The first-order chi connectivity index (χ1) is 7.71. The third kappa shape index (κ3) is 4.13. The zero-order valence-corrected chi connectivity index (χ0v) is 12.4. The standard InChI is InChI=1S/C10H11Br2F3N2/c1-6(11)5-17(2)9-8(10(13,14)15)3-7(12)4-16-9/h3-4,6H,5H2,1-2H3. The van der Waals surface area contributed by atoms with E-state index in [1.165, 1.54) is 11.1 Å². The third-order valence-electron chi connectivity index (χ3n) is 2.03. The number of alkyl halides is 4. The number of halogens is 5. The molecule has 0 aliphatic rings. The molecule has 1 aromatic rings. The molecule has 0 N–H and O–H groups in total. The molecule has 0 saturated heterocycles. The molecule has 0 spiro atoms. The van der Waals surface area contributed by atoms with E-state index in [4.69, 9.17) is 0 Å². The number of aromatic nitrogens is 1. The lowest BCUT2D eigenvalue weighted by molar-refractivity contribution is -0.137. The van der Waals surface area contributed by atoms with Crippen molar-refractivity contribution in [3.05, 3.63) is 22.3 Å². The zero-order valence-electron chi connectivity index (χ0n) is 9.22. The smallest absolute Gasteiger partial charge is 0.358 e. The Labute approximate surface area is 114 Å².